The highest BCUT2D eigenvalue weighted by Crippen LogP contribution is 1.91. The molecule has 0 aromatic carbocycles. The molecule has 0 bridgehead atoms. The topological polar surface area (TPSA) is 29.1 Å². The van der Waals surface area contributed by atoms with Gasteiger partial charge in [-0.1, -0.05) is 6.08 Å². The smallest absolute Gasteiger partial charge is 0.244 e. The average molecular weight is 97.1 g/mol. The summed E-state index contributed by atoms with van der Waals surface area (Å²) in [5.74, 6) is 0.0208. The Labute approximate surface area is 42.2 Å². The van der Waals surface area contributed by atoms with Crippen molar-refractivity contribution in [2.24, 2.45) is 0 Å². The van der Waals surface area contributed by atoms with Crippen LogP contribution >= 0.6 is 0 Å². The number of hydrogen-bond acceptors (Lipinski definition) is 1. The Kier molecular flexibility index (Phi) is 0.855. The maximum absolute atomic E-state index is 10.3. The largest absolute Gasteiger partial charge is 0.347 e. The summed E-state index contributed by atoms with van der Waals surface area (Å²) in [4.78, 5) is 10.3. The van der Waals surface area contributed by atoms with Gasteiger partial charge in [-0.3, -0.25) is 4.79 Å². The molecule has 1 rings (SSSR count). The average Bonchev–Trinajstić information content (AvgIpc) is 1.87. The molecular weight excluding hydrogens is 90.1 g/mol. The van der Waals surface area contributed by atoms with Crippen molar-refractivity contribution >= 4 is 5.91 Å². The van der Waals surface area contributed by atoms with E-state index in [1.807, 2.05) is 13.0 Å². The minimum atomic E-state index is 0.0208. The van der Waals surface area contributed by atoms with Crippen LogP contribution in [0.25, 0.3) is 0 Å². The molecular formula is C5H7NO. The van der Waals surface area contributed by atoms with Gasteiger partial charge in [-0.2, -0.15) is 0 Å². The highest BCUT2D eigenvalue weighted by atomic mass is 16.1. The third kappa shape index (κ3) is 0.796. The van der Waals surface area contributed by atoms with E-state index in [4.69, 9.17) is 0 Å². The van der Waals surface area contributed by atoms with E-state index in [0.29, 0.717) is 0 Å². The predicted octanol–water partition coefficient (Wildman–Crippen LogP) is 0.0609. The van der Waals surface area contributed by atoms with Gasteiger partial charge in [0.05, 0.1) is 0 Å². The Morgan fingerprint density at radius 3 is 2.71 bits per heavy atom. The fourth-order valence-corrected chi connectivity index (χ4v) is 0.552. The number of carbonyl (C=O) groups excluding carboxylic acids is 1. The normalized spacial score (nSPS) is 28.1. The van der Waals surface area contributed by atoms with E-state index < -0.39 is 0 Å². The third-order valence-electron chi connectivity index (χ3n) is 0.906. The lowest BCUT2D eigenvalue weighted by Crippen LogP contribution is -2.22. The van der Waals surface area contributed by atoms with Crippen LogP contribution < -0.4 is 5.32 Å². The molecule has 2 heteroatoms. The summed E-state index contributed by atoms with van der Waals surface area (Å²) in [7, 11) is 0. The van der Waals surface area contributed by atoms with E-state index >= 15 is 0 Å². The Hall–Kier alpha value is -0.790. The van der Waals surface area contributed by atoms with Crippen LogP contribution in [-0.4, -0.2) is 11.9 Å². The summed E-state index contributed by atoms with van der Waals surface area (Å²) in [5, 5.41) is 2.67. The van der Waals surface area contributed by atoms with Crippen molar-refractivity contribution in [2.75, 3.05) is 0 Å². The second-order valence-corrected chi connectivity index (χ2v) is 1.66. The predicted molar refractivity (Wildman–Crippen MR) is 26.7 cm³/mol. The number of amides is 1. The monoisotopic (exact) mass is 97.1 g/mol. The van der Waals surface area contributed by atoms with Crippen LogP contribution in [0.2, 0.25) is 0 Å². The van der Waals surface area contributed by atoms with Gasteiger partial charge in [0.25, 0.3) is 0 Å². The summed E-state index contributed by atoms with van der Waals surface area (Å²) in [6, 6.07) is 0.243. The molecule has 1 amide bonds. The quantitative estimate of drug-likeness (QED) is 0.455. The van der Waals surface area contributed by atoms with Crippen molar-refractivity contribution in [3.63, 3.8) is 0 Å². The number of hydrogen-bond donors (Lipinski definition) is 1. The lowest BCUT2D eigenvalue weighted by molar-refractivity contribution is -0.116. The zero-order valence-electron chi connectivity index (χ0n) is 4.14. The van der Waals surface area contributed by atoms with Gasteiger partial charge in [0.1, 0.15) is 0 Å². The standard InChI is InChI=1S/C5H7NO/c1-4-2-3-5(7)6-4/h2-4H,1H3,(H,6,7)/t4-/m1/s1. The number of carbonyl (C=O) groups is 1. The van der Waals surface area contributed by atoms with Gasteiger partial charge in [0, 0.05) is 12.1 Å². The molecule has 0 saturated carbocycles. The van der Waals surface area contributed by atoms with Crippen LogP contribution in [-0.2, 0) is 4.79 Å². The number of rotatable bonds is 0. The molecule has 1 aliphatic rings. The molecule has 1 N–H and O–H groups in total. The van der Waals surface area contributed by atoms with Crippen molar-refractivity contribution in [1.29, 1.82) is 0 Å². The molecule has 1 heterocycles. The van der Waals surface area contributed by atoms with Crippen molar-refractivity contribution < 1.29 is 4.79 Å². The van der Waals surface area contributed by atoms with Crippen molar-refractivity contribution in [3.8, 4) is 0 Å². The molecule has 1 aliphatic heterocycles. The highest BCUT2D eigenvalue weighted by Gasteiger charge is 2.06. The molecule has 0 unspecified atom stereocenters. The van der Waals surface area contributed by atoms with Gasteiger partial charge in [0.2, 0.25) is 5.91 Å². The fourth-order valence-electron chi connectivity index (χ4n) is 0.552. The zero-order chi connectivity index (χ0) is 5.28. The van der Waals surface area contributed by atoms with Crippen molar-refractivity contribution in [2.45, 2.75) is 13.0 Å². The summed E-state index contributed by atoms with van der Waals surface area (Å²) >= 11 is 0. The lowest BCUT2D eigenvalue weighted by atomic mass is 10.4. The van der Waals surface area contributed by atoms with E-state index in [-0.39, 0.29) is 11.9 Å². The van der Waals surface area contributed by atoms with Crippen LogP contribution in [0, 0.1) is 0 Å². The summed E-state index contributed by atoms with van der Waals surface area (Å²) in [5.41, 5.74) is 0. The molecule has 0 fully saturated rings. The molecule has 38 valence electrons. The van der Waals surface area contributed by atoms with E-state index in [1.165, 1.54) is 0 Å². The summed E-state index contributed by atoms with van der Waals surface area (Å²) in [6.45, 7) is 1.93. The molecule has 0 aromatic heterocycles. The van der Waals surface area contributed by atoms with E-state index in [1.54, 1.807) is 6.08 Å². The first-order valence-electron chi connectivity index (χ1n) is 2.28. The molecule has 0 radical (unpaired) electrons. The fraction of sp³-hybridized carbons (Fsp3) is 0.400. The Bertz CT molecular complexity index is 117. The maximum Gasteiger partial charge on any atom is 0.244 e. The number of nitrogens with one attached hydrogen (secondary N) is 1. The van der Waals surface area contributed by atoms with E-state index in [9.17, 15) is 4.79 Å². The Morgan fingerprint density at radius 2 is 2.57 bits per heavy atom. The Morgan fingerprint density at radius 1 is 1.86 bits per heavy atom. The molecule has 0 spiro atoms. The van der Waals surface area contributed by atoms with Crippen LogP contribution in [0.15, 0.2) is 12.2 Å². The molecule has 0 aliphatic carbocycles. The molecule has 0 saturated heterocycles. The van der Waals surface area contributed by atoms with Gasteiger partial charge in [-0.25, -0.2) is 0 Å². The minimum Gasteiger partial charge on any atom is -0.347 e. The van der Waals surface area contributed by atoms with Gasteiger partial charge in [-0.15, -0.1) is 0 Å². The minimum absolute atomic E-state index is 0.0208. The van der Waals surface area contributed by atoms with Gasteiger partial charge in [0.15, 0.2) is 0 Å². The first-order valence-corrected chi connectivity index (χ1v) is 2.28. The first-order chi connectivity index (χ1) is 3.29. The highest BCUT2D eigenvalue weighted by molar-refractivity contribution is 5.90. The van der Waals surface area contributed by atoms with Gasteiger partial charge in [-0.05, 0) is 6.92 Å². The molecule has 7 heavy (non-hydrogen) atoms. The van der Waals surface area contributed by atoms with Gasteiger partial charge < -0.3 is 5.32 Å². The molecule has 1 atom stereocenters. The molecule has 0 aromatic rings. The second-order valence-electron chi connectivity index (χ2n) is 1.66. The van der Waals surface area contributed by atoms with E-state index in [0.717, 1.165) is 0 Å². The third-order valence-corrected chi connectivity index (χ3v) is 0.906. The van der Waals surface area contributed by atoms with E-state index in [2.05, 4.69) is 5.32 Å². The van der Waals surface area contributed by atoms with Crippen molar-refractivity contribution in [3.05, 3.63) is 12.2 Å². The van der Waals surface area contributed by atoms with Crippen LogP contribution in [0.5, 0.6) is 0 Å². The Balaban J connectivity index is 2.58. The van der Waals surface area contributed by atoms with Crippen LogP contribution in [0.4, 0.5) is 0 Å². The van der Waals surface area contributed by atoms with Crippen LogP contribution in [0.1, 0.15) is 6.92 Å². The SMILES string of the molecule is C[C@@H]1C=CC(=O)N1. The molecule has 2 nitrogen and oxygen atoms in total. The lowest BCUT2D eigenvalue weighted by Gasteiger charge is -1.95. The van der Waals surface area contributed by atoms with Crippen molar-refractivity contribution in [1.82, 2.24) is 5.32 Å². The van der Waals surface area contributed by atoms with Gasteiger partial charge >= 0.3 is 0 Å². The van der Waals surface area contributed by atoms with Crippen LogP contribution in [0.3, 0.4) is 0 Å². The zero-order valence-corrected chi connectivity index (χ0v) is 4.14. The second kappa shape index (κ2) is 1.37. The summed E-state index contributed by atoms with van der Waals surface area (Å²) in [6.07, 6.45) is 3.38. The maximum atomic E-state index is 10.3. The summed E-state index contributed by atoms with van der Waals surface area (Å²) < 4.78 is 0. The first kappa shape index (κ1) is 4.37.